The Hall–Kier alpha value is -0.960. The number of aliphatic hydroxyl groups is 1. The minimum Gasteiger partial charge on any atom is -0.477 e. The maximum atomic E-state index is 12.7. The van der Waals surface area contributed by atoms with E-state index in [0.29, 0.717) is 24.3 Å². The zero-order valence-corrected chi connectivity index (χ0v) is 13.4. The third-order valence-electron chi connectivity index (χ3n) is 3.69. The molecule has 0 aliphatic carbocycles. The van der Waals surface area contributed by atoms with Gasteiger partial charge < -0.3 is 10.2 Å². The van der Waals surface area contributed by atoms with Crippen molar-refractivity contribution >= 4 is 27.3 Å². The number of carboxylic acids is 1. The Balaban J connectivity index is 2.30. The fourth-order valence-electron chi connectivity index (χ4n) is 2.69. The summed E-state index contributed by atoms with van der Waals surface area (Å²) < 4.78 is 26.9. The molecule has 0 amide bonds. The van der Waals surface area contributed by atoms with Gasteiger partial charge in [0.1, 0.15) is 4.88 Å². The molecule has 2 rings (SSSR count). The number of carboxylic acid groups (broad SMARTS) is 1. The van der Waals surface area contributed by atoms with Crippen LogP contribution in [0.3, 0.4) is 0 Å². The van der Waals surface area contributed by atoms with Gasteiger partial charge in [0.15, 0.2) is 0 Å². The van der Waals surface area contributed by atoms with Crippen molar-refractivity contribution in [2.24, 2.45) is 0 Å². The number of thiophene rings is 1. The van der Waals surface area contributed by atoms with Crippen molar-refractivity contribution in [2.75, 3.05) is 13.2 Å². The molecule has 0 saturated carbocycles. The quantitative estimate of drug-likeness (QED) is 0.826. The van der Waals surface area contributed by atoms with Crippen LogP contribution in [0.25, 0.3) is 0 Å². The topological polar surface area (TPSA) is 94.9 Å². The highest BCUT2D eigenvalue weighted by atomic mass is 32.2. The van der Waals surface area contributed by atoms with E-state index in [1.807, 2.05) is 0 Å². The lowest BCUT2D eigenvalue weighted by atomic mass is 10.1. The molecule has 118 valence electrons. The number of hydrogen-bond donors (Lipinski definition) is 2. The molecule has 1 aromatic heterocycles. The summed E-state index contributed by atoms with van der Waals surface area (Å²) in [6.45, 7) is 2.13. The highest BCUT2D eigenvalue weighted by Crippen LogP contribution is 2.33. The van der Waals surface area contributed by atoms with Crippen molar-refractivity contribution in [3.63, 3.8) is 0 Å². The van der Waals surface area contributed by atoms with Crippen LogP contribution in [0, 0.1) is 6.92 Å². The Morgan fingerprint density at radius 1 is 1.52 bits per heavy atom. The van der Waals surface area contributed by atoms with Gasteiger partial charge in [0.05, 0.1) is 4.90 Å². The van der Waals surface area contributed by atoms with E-state index in [1.165, 1.54) is 10.4 Å². The molecule has 8 heteroatoms. The van der Waals surface area contributed by atoms with E-state index >= 15 is 0 Å². The van der Waals surface area contributed by atoms with E-state index in [9.17, 15) is 13.2 Å². The molecule has 1 atom stereocenters. The third kappa shape index (κ3) is 3.28. The van der Waals surface area contributed by atoms with Crippen molar-refractivity contribution in [1.29, 1.82) is 0 Å². The summed E-state index contributed by atoms with van der Waals surface area (Å²) in [5, 5.41) is 17.9. The van der Waals surface area contributed by atoms with E-state index in [4.69, 9.17) is 10.2 Å². The zero-order chi connectivity index (χ0) is 15.6. The maximum absolute atomic E-state index is 12.7. The predicted octanol–water partition coefficient (Wildman–Crippen LogP) is 1.68. The second-order valence-corrected chi connectivity index (χ2v) is 8.23. The summed E-state index contributed by atoms with van der Waals surface area (Å²) in [6.07, 6.45) is 2.78. The third-order valence-corrected chi connectivity index (χ3v) is 6.93. The molecule has 0 bridgehead atoms. The van der Waals surface area contributed by atoms with Gasteiger partial charge in [-0.1, -0.05) is 0 Å². The minimum atomic E-state index is -3.66. The molecule has 1 aliphatic rings. The number of aromatic carboxylic acids is 1. The first-order valence-corrected chi connectivity index (χ1v) is 9.10. The van der Waals surface area contributed by atoms with Gasteiger partial charge in [0.25, 0.3) is 0 Å². The van der Waals surface area contributed by atoms with Gasteiger partial charge in [-0.25, -0.2) is 13.2 Å². The Kier molecular flexibility index (Phi) is 5.03. The number of aryl methyl sites for hydroxylation is 1. The monoisotopic (exact) mass is 333 g/mol. The molecule has 0 radical (unpaired) electrons. The molecule has 6 nitrogen and oxygen atoms in total. The fraction of sp³-hybridized carbons (Fsp3) is 0.615. The molecule has 1 aliphatic heterocycles. The van der Waals surface area contributed by atoms with Gasteiger partial charge in [0, 0.05) is 24.1 Å². The molecule has 0 spiro atoms. The van der Waals surface area contributed by atoms with E-state index < -0.39 is 16.0 Å². The van der Waals surface area contributed by atoms with Gasteiger partial charge >= 0.3 is 5.97 Å². The van der Waals surface area contributed by atoms with Crippen molar-refractivity contribution in [3.8, 4) is 0 Å². The van der Waals surface area contributed by atoms with Gasteiger partial charge in [0.2, 0.25) is 10.0 Å². The number of aliphatic hydroxyl groups excluding tert-OH is 1. The fourth-order valence-corrected chi connectivity index (χ4v) is 5.82. The van der Waals surface area contributed by atoms with Crippen LogP contribution in [0.1, 0.15) is 40.2 Å². The van der Waals surface area contributed by atoms with E-state index in [2.05, 4.69) is 0 Å². The van der Waals surface area contributed by atoms with Crippen LogP contribution >= 0.6 is 11.3 Å². The average Bonchev–Trinajstić information content (AvgIpc) is 3.03. The molecule has 1 unspecified atom stereocenters. The zero-order valence-electron chi connectivity index (χ0n) is 11.8. The average molecular weight is 333 g/mol. The summed E-state index contributed by atoms with van der Waals surface area (Å²) in [4.78, 5) is 11.6. The van der Waals surface area contributed by atoms with Crippen LogP contribution in [0.15, 0.2) is 11.0 Å². The first-order chi connectivity index (χ1) is 9.87. The number of hydrogen-bond acceptors (Lipinski definition) is 5. The Labute approximate surface area is 128 Å². The molecule has 2 heterocycles. The largest absolute Gasteiger partial charge is 0.477 e. The lowest BCUT2D eigenvalue weighted by Gasteiger charge is -2.23. The van der Waals surface area contributed by atoms with Crippen LogP contribution in [0.2, 0.25) is 0 Å². The smallest absolute Gasteiger partial charge is 0.345 e. The van der Waals surface area contributed by atoms with E-state index in [0.717, 1.165) is 24.2 Å². The standard InChI is InChI=1S/C13H19NO5S2/c1-9-12(8-11(20-9)13(16)17)21(18,19)14-6-2-4-10(14)5-3-7-15/h8,10,15H,2-7H2,1H3,(H,16,17). The number of rotatable bonds is 6. The second kappa shape index (κ2) is 6.43. The van der Waals surface area contributed by atoms with Gasteiger partial charge in [-0.3, -0.25) is 0 Å². The normalized spacial score (nSPS) is 20.0. The van der Waals surface area contributed by atoms with Crippen LogP contribution in [0.5, 0.6) is 0 Å². The van der Waals surface area contributed by atoms with Gasteiger partial charge in [-0.15, -0.1) is 11.3 Å². The van der Waals surface area contributed by atoms with E-state index in [-0.39, 0.29) is 22.4 Å². The number of carbonyl (C=O) groups is 1. The summed E-state index contributed by atoms with van der Waals surface area (Å²) in [6, 6.07) is 1.15. The van der Waals surface area contributed by atoms with Gasteiger partial charge in [-0.05, 0) is 38.7 Å². The molecule has 1 saturated heterocycles. The van der Waals surface area contributed by atoms with Crippen molar-refractivity contribution < 1.29 is 23.4 Å². The molecule has 2 N–H and O–H groups in total. The highest BCUT2D eigenvalue weighted by molar-refractivity contribution is 7.89. The molecule has 21 heavy (non-hydrogen) atoms. The molecule has 0 aromatic carbocycles. The van der Waals surface area contributed by atoms with Crippen LogP contribution < -0.4 is 0 Å². The second-order valence-electron chi connectivity index (χ2n) is 5.11. The summed E-state index contributed by atoms with van der Waals surface area (Å²) in [5.74, 6) is -1.11. The summed E-state index contributed by atoms with van der Waals surface area (Å²) in [5.41, 5.74) is 0. The minimum absolute atomic E-state index is 0.0391. The molecule has 1 fully saturated rings. The first-order valence-electron chi connectivity index (χ1n) is 6.84. The Bertz CT molecular complexity index is 623. The van der Waals surface area contributed by atoms with Crippen LogP contribution in [-0.2, 0) is 10.0 Å². The van der Waals surface area contributed by atoms with Crippen LogP contribution in [-0.4, -0.2) is 48.1 Å². The van der Waals surface area contributed by atoms with Crippen molar-refractivity contribution in [3.05, 3.63) is 15.8 Å². The summed E-state index contributed by atoms with van der Waals surface area (Å²) in [7, 11) is -3.66. The van der Waals surface area contributed by atoms with Crippen LogP contribution in [0.4, 0.5) is 0 Å². The first kappa shape index (κ1) is 16.4. The van der Waals surface area contributed by atoms with Crippen molar-refractivity contribution in [1.82, 2.24) is 4.31 Å². The Morgan fingerprint density at radius 2 is 2.24 bits per heavy atom. The lowest BCUT2D eigenvalue weighted by Crippen LogP contribution is -2.35. The van der Waals surface area contributed by atoms with E-state index in [1.54, 1.807) is 6.92 Å². The summed E-state index contributed by atoms with van der Waals surface area (Å²) >= 11 is 0.982. The Morgan fingerprint density at radius 3 is 2.81 bits per heavy atom. The predicted molar refractivity (Wildman–Crippen MR) is 79.2 cm³/mol. The maximum Gasteiger partial charge on any atom is 0.345 e. The SMILES string of the molecule is Cc1sc(C(=O)O)cc1S(=O)(=O)N1CCCC1CCCO. The highest BCUT2D eigenvalue weighted by Gasteiger charge is 2.36. The number of sulfonamides is 1. The number of nitrogens with zero attached hydrogens (tertiary/aromatic N) is 1. The molecule has 1 aromatic rings. The molecular formula is C13H19NO5S2. The molecular weight excluding hydrogens is 314 g/mol. The lowest BCUT2D eigenvalue weighted by molar-refractivity contribution is 0.0702. The van der Waals surface area contributed by atoms with Gasteiger partial charge in [-0.2, -0.15) is 4.31 Å². The van der Waals surface area contributed by atoms with Crippen molar-refractivity contribution in [2.45, 2.75) is 43.5 Å².